The molecule has 3 aliphatic rings. The van der Waals surface area contributed by atoms with Gasteiger partial charge in [-0.15, -0.1) is 0 Å². The second-order valence-electron chi connectivity index (χ2n) is 11.3. The summed E-state index contributed by atoms with van der Waals surface area (Å²) in [5.41, 5.74) is 17.8. The first-order valence-electron chi connectivity index (χ1n) is 15.6. The number of carbonyl (C=O) groups is 2. The van der Waals surface area contributed by atoms with Crippen LogP contribution < -0.4 is 16.8 Å². The van der Waals surface area contributed by atoms with Crippen molar-refractivity contribution in [3.63, 3.8) is 0 Å². The van der Waals surface area contributed by atoms with Crippen molar-refractivity contribution < 1.29 is 19.1 Å². The fourth-order valence-electron chi connectivity index (χ4n) is 6.10. The fourth-order valence-corrected chi connectivity index (χ4v) is 6.10. The average Bonchev–Trinajstić information content (AvgIpc) is 3.44. The first-order chi connectivity index (χ1) is 22.0. The number of aryl methyl sites for hydroxylation is 1. The number of esters is 1. The van der Waals surface area contributed by atoms with Crippen LogP contribution in [0, 0.1) is 0 Å². The van der Waals surface area contributed by atoms with Gasteiger partial charge in [0.2, 0.25) is 6.10 Å². The van der Waals surface area contributed by atoms with E-state index in [0.717, 1.165) is 53.5 Å². The Hall–Kier alpha value is -4.16. The Morgan fingerprint density at radius 3 is 2.24 bits per heavy atom. The summed E-state index contributed by atoms with van der Waals surface area (Å²) in [6, 6.07) is 27.3. The quantitative estimate of drug-likeness (QED) is 0.221. The number of nitrogen functional groups attached to an aromatic ring is 1. The zero-order valence-corrected chi connectivity index (χ0v) is 25.7. The number of nitrogens with zero attached hydrogens (tertiary/aromatic N) is 2. The number of para-hydroxylation sites is 1. The van der Waals surface area contributed by atoms with Crippen LogP contribution in [-0.4, -0.2) is 61.4 Å². The number of benzene rings is 3. The molecule has 0 radical (unpaired) electrons. The molecule has 0 bridgehead atoms. The van der Waals surface area contributed by atoms with Gasteiger partial charge >= 0.3 is 24.8 Å². The zero-order valence-electron chi connectivity index (χ0n) is 25.7. The minimum absolute atomic E-state index is 0. The van der Waals surface area contributed by atoms with Crippen LogP contribution in [0.25, 0.3) is 10.9 Å². The molecule has 0 spiro atoms. The Bertz CT molecular complexity index is 1630. The summed E-state index contributed by atoms with van der Waals surface area (Å²) in [5, 5.41) is 4.54. The Balaban J connectivity index is 0.000000156. The van der Waals surface area contributed by atoms with Crippen LogP contribution in [0.3, 0.4) is 0 Å². The normalized spacial score (nSPS) is 19.0. The predicted molar refractivity (Wildman–Crippen MR) is 184 cm³/mol. The van der Waals surface area contributed by atoms with Crippen LogP contribution in [0.5, 0.6) is 0 Å². The SMILES string of the molecule is COC(=O)C(c1ccccc1)C1CCCCN1.NC1=NC(=O)C(c2ccccc2)O1.Nc1c2c(nc3ccccc13)CCCC2.[LiH]. The van der Waals surface area contributed by atoms with E-state index in [1.54, 1.807) is 12.1 Å². The van der Waals surface area contributed by atoms with Crippen LogP contribution in [0.15, 0.2) is 89.9 Å². The number of fused-ring (bicyclic) bond motifs is 2. The molecule has 3 heterocycles. The number of anilines is 1. The standard InChI is InChI=1S/C14H19NO2.C13H14N2.C9H8N2O2.Li.H/c1-17-14(16)13(11-7-3-2-4-8-11)12-9-5-6-10-15-12;14-13-9-5-1-3-7-11(9)15-12-8-4-2-6-10(12)13;10-9-11-8(12)7(13-9)6-4-2-1-3-5-6;;/h2-4,7-8,12-13,15H,5-6,9-10H2,1H3;1,3,5,7H,2,4,6,8H2,(H2,14,15);1-5,7H,(H2,10,11,12);;. The molecule has 3 aromatic carbocycles. The maximum absolute atomic E-state index is 11.9. The molecule has 236 valence electrons. The van der Waals surface area contributed by atoms with Crippen molar-refractivity contribution in [1.82, 2.24) is 10.3 Å². The number of carbonyl (C=O) groups excluding carboxylic acids is 2. The molecule has 1 saturated heterocycles. The van der Waals surface area contributed by atoms with Gasteiger partial charge < -0.3 is 26.3 Å². The third-order valence-electron chi connectivity index (χ3n) is 8.36. The summed E-state index contributed by atoms with van der Waals surface area (Å²) in [7, 11) is 1.46. The fraction of sp³-hybridized carbons (Fsp3) is 0.333. The molecule has 3 unspecified atom stereocenters. The van der Waals surface area contributed by atoms with Crippen molar-refractivity contribution in [1.29, 1.82) is 0 Å². The number of pyridine rings is 1. The van der Waals surface area contributed by atoms with Crippen LogP contribution in [0.2, 0.25) is 0 Å². The number of amidine groups is 1. The third kappa shape index (κ3) is 8.55. The molecule has 9 nitrogen and oxygen atoms in total. The van der Waals surface area contributed by atoms with E-state index in [9.17, 15) is 9.59 Å². The topological polar surface area (TPSA) is 142 Å². The van der Waals surface area contributed by atoms with Crippen molar-refractivity contribution in [2.24, 2.45) is 10.7 Å². The molecule has 5 N–H and O–H groups in total. The van der Waals surface area contributed by atoms with Crippen molar-refractivity contribution in [2.75, 3.05) is 19.4 Å². The Morgan fingerprint density at radius 2 is 1.59 bits per heavy atom. The number of aromatic nitrogens is 1. The van der Waals surface area contributed by atoms with Gasteiger partial charge in [-0.25, -0.2) is 0 Å². The number of piperidine rings is 1. The minimum atomic E-state index is -0.652. The molecule has 1 amide bonds. The summed E-state index contributed by atoms with van der Waals surface area (Å²) >= 11 is 0. The Morgan fingerprint density at radius 1 is 0.913 bits per heavy atom. The van der Waals surface area contributed by atoms with E-state index < -0.39 is 6.10 Å². The number of aliphatic imine (C=N–C) groups is 1. The van der Waals surface area contributed by atoms with Gasteiger partial charge in [0, 0.05) is 28.4 Å². The van der Waals surface area contributed by atoms with Crippen LogP contribution in [0.4, 0.5) is 5.69 Å². The van der Waals surface area contributed by atoms with Gasteiger partial charge in [0.15, 0.2) is 0 Å². The van der Waals surface area contributed by atoms with Gasteiger partial charge in [0.05, 0.1) is 18.5 Å². The molecule has 1 aromatic heterocycles. The van der Waals surface area contributed by atoms with E-state index in [1.165, 1.54) is 44.1 Å². The van der Waals surface area contributed by atoms with Gasteiger partial charge in [0.25, 0.3) is 11.9 Å². The summed E-state index contributed by atoms with van der Waals surface area (Å²) in [4.78, 5) is 31.3. The number of hydrogen-bond donors (Lipinski definition) is 3. The number of methoxy groups -OCH3 is 1. The summed E-state index contributed by atoms with van der Waals surface area (Å²) in [6.45, 7) is 0.991. The average molecular weight is 616 g/mol. The van der Waals surface area contributed by atoms with Crippen LogP contribution in [-0.2, 0) is 31.9 Å². The number of nitrogens with one attached hydrogen (secondary N) is 1. The van der Waals surface area contributed by atoms with Crippen LogP contribution in [0.1, 0.15) is 66.5 Å². The number of nitrogens with two attached hydrogens (primary N) is 2. The van der Waals surface area contributed by atoms with E-state index >= 15 is 0 Å². The number of ether oxygens (including phenoxy) is 2. The van der Waals surface area contributed by atoms with Gasteiger partial charge in [-0.2, -0.15) is 4.99 Å². The van der Waals surface area contributed by atoms with Crippen molar-refractivity contribution >= 4 is 53.3 Å². The molecule has 0 saturated carbocycles. The van der Waals surface area contributed by atoms with E-state index in [-0.39, 0.29) is 48.7 Å². The molecule has 2 aliphatic heterocycles. The van der Waals surface area contributed by atoms with Crippen molar-refractivity contribution in [2.45, 2.75) is 63.0 Å². The molecule has 10 heteroatoms. The summed E-state index contributed by atoms with van der Waals surface area (Å²) < 4.78 is 9.98. The van der Waals surface area contributed by atoms with Gasteiger partial charge in [-0.1, -0.05) is 85.3 Å². The molecule has 4 aromatic rings. The summed E-state index contributed by atoms with van der Waals surface area (Å²) in [5.74, 6) is -0.666. The number of amides is 1. The van der Waals surface area contributed by atoms with Crippen LogP contribution >= 0.6 is 0 Å². The first-order valence-corrected chi connectivity index (χ1v) is 15.6. The van der Waals surface area contributed by atoms with Crippen molar-refractivity contribution in [3.8, 4) is 0 Å². The Kier molecular flexibility index (Phi) is 12.8. The van der Waals surface area contributed by atoms with Gasteiger partial charge in [0.1, 0.15) is 0 Å². The monoisotopic (exact) mass is 615 g/mol. The molecule has 7 rings (SSSR count). The van der Waals surface area contributed by atoms with E-state index in [0.29, 0.717) is 0 Å². The van der Waals surface area contributed by atoms with E-state index in [2.05, 4.69) is 16.4 Å². The Labute approximate surface area is 282 Å². The third-order valence-corrected chi connectivity index (χ3v) is 8.36. The molecule has 46 heavy (non-hydrogen) atoms. The van der Waals surface area contributed by atoms with Crippen molar-refractivity contribution in [3.05, 3.63) is 107 Å². The number of hydrogen-bond acceptors (Lipinski definition) is 8. The molecule has 1 aliphatic carbocycles. The first kappa shape index (κ1) is 34.7. The number of rotatable bonds is 4. The second kappa shape index (κ2) is 16.9. The molecular weight excluding hydrogens is 573 g/mol. The maximum atomic E-state index is 11.9. The zero-order chi connectivity index (χ0) is 31.6. The molecular formula is C36H42LiN5O4. The van der Waals surface area contributed by atoms with E-state index in [4.69, 9.17) is 25.9 Å². The van der Waals surface area contributed by atoms with Gasteiger partial charge in [-0.05, 0) is 62.3 Å². The second-order valence-corrected chi connectivity index (χ2v) is 11.3. The predicted octanol–water partition coefficient (Wildman–Crippen LogP) is 4.73. The van der Waals surface area contributed by atoms with Gasteiger partial charge in [-0.3, -0.25) is 14.6 Å². The summed E-state index contributed by atoms with van der Waals surface area (Å²) in [6.07, 6.45) is 7.44. The van der Waals surface area contributed by atoms with E-state index in [1.807, 2.05) is 66.7 Å². The molecule has 1 fully saturated rings. The molecule has 3 atom stereocenters.